The lowest BCUT2D eigenvalue weighted by Crippen LogP contribution is -2.43. The van der Waals surface area contributed by atoms with E-state index in [1.807, 2.05) is 13.8 Å². The van der Waals surface area contributed by atoms with Crippen molar-refractivity contribution in [3.8, 4) is 0 Å². The van der Waals surface area contributed by atoms with Gasteiger partial charge >= 0.3 is 6.09 Å². The highest BCUT2D eigenvalue weighted by atomic mass is 35.5. The van der Waals surface area contributed by atoms with E-state index in [0.717, 1.165) is 6.42 Å². The molecule has 2 rings (SSSR count). The van der Waals surface area contributed by atoms with Crippen molar-refractivity contribution in [3.05, 3.63) is 29.3 Å². The SMILES string of the molecule is CC(C)COC(=O)N1CCC[C@H]1C(=O)Nc1ccc(Cl)cc1. The number of nitrogens with zero attached hydrogens (tertiary/aromatic N) is 1. The van der Waals surface area contributed by atoms with Crippen LogP contribution in [0, 0.1) is 5.92 Å². The minimum atomic E-state index is -0.477. The number of hydrogen-bond acceptors (Lipinski definition) is 3. The van der Waals surface area contributed by atoms with E-state index in [4.69, 9.17) is 16.3 Å². The van der Waals surface area contributed by atoms with Crippen LogP contribution in [0.25, 0.3) is 0 Å². The number of benzene rings is 1. The van der Waals surface area contributed by atoms with E-state index in [1.54, 1.807) is 24.3 Å². The molecule has 1 aromatic carbocycles. The fourth-order valence-corrected chi connectivity index (χ4v) is 2.46. The molecule has 6 heteroatoms. The molecule has 5 nitrogen and oxygen atoms in total. The Morgan fingerprint density at radius 3 is 2.68 bits per heavy atom. The normalized spacial score (nSPS) is 17.6. The topological polar surface area (TPSA) is 58.6 Å². The van der Waals surface area contributed by atoms with Gasteiger partial charge in [0.05, 0.1) is 6.61 Å². The molecule has 120 valence electrons. The van der Waals surface area contributed by atoms with Crippen molar-refractivity contribution in [2.24, 2.45) is 5.92 Å². The summed E-state index contributed by atoms with van der Waals surface area (Å²) in [7, 11) is 0. The number of anilines is 1. The minimum Gasteiger partial charge on any atom is -0.449 e. The standard InChI is InChI=1S/C16H21ClN2O3/c1-11(2)10-22-16(21)19-9-3-4-14(19)15(20)18-13-7-5-12(17)6-8-13/h5-8,11,14H,3-4,9-10H2,1-2H3,(H,18,20)/t14-/m0/s1. The molecule has 1 fully saturated rings. The first kappa shape index (κ1) is 16.6. The fraction of sp³-hybridized carbons (Fsp3) is 0.500. The second-order valence-electron chi connectivity index (χ2n) is 5.82. The highest BCUT2D eigenvalue weighted by Crippen LogP contribution is 2.21. The Hall–Kier alpha value is -1.75. The third-order valence-corrected chi connectivity index (χ3v) is 3.69. The molecular formula is C16H21ClN2O3. The summed E-state index contributed by atoms with van der Waals surface area (Å²) < 4.78 is 5.22. The highest BCUT2D eigenvalue weighted by Gasteiger charge is 2.35. The van der Waals surface area contributed by atoms with Gasteiger partial charge in [-0.2, -0.15) is 0 Å². The van der Waals surface area contributed by atoms with Crippen LogP contribution in [0.15, 0.2) is 24.3 Å². The van der Waals surface area contributed by atoms with Crippen molar-refractivity contribution >= 4 is 29.3 Å². The largest absolute Gasteiger partial charge is 0.449 e. The monoisotopic (exact) mass is 324 g/mol. The zero-order valence-corrected chi connectivity index (χ0v) is 13.6. The Morgan fingerprint density at radius 1 is 1.36 bits per heavy atom. The number of hydrogen-bond donors (Lipinski definition) is 1. The molecule has 1 aliphatic heterocycles. The third-order valence-electron chi connectivity index (χ3n) is 3.44. The second kappa shape index (κ2) is 7.49. The second-order valence-corrected chi connectivity index (χ2v) is 6.25. The number of carbonyl (C=O) groups is 2. The van der Waals surface area contributed by atoms with Crippen LogP contribution in [0.3, 0.4) is 0 Å². The van der Waals surface area contributed by atoms with Gasteiger partial charge in [0.15, 0.2) is 0 Å². The fourth-order valence-electron chi connectivity index (χ4n) is 2.34. The van der Waals surface area contributed by atoms with Crippen molar-refractivity contribution in [3.63, 3.8) is 0 Å². The van der Waals surface area contributed by atoms with Gasteiger partial charge in [0.2, 0.25) is 5.91 Å². The van der Waals surface area contributed by atoms with Gasteiger partial charge in [-0.25, -0.2) is 4.79 Å². The van der Waals surface area contributed by atoms with Gasteiger partial charge in [-0.1, -0.05) is 25.4 Å². The van der Waals surface area contributed by atoms with E-state index >= 15 is 0 Å². The summed E-state index contributed by atoms with van der Waals surface area (Å²) in [6, 6.07) is 6.41. The summed E-state index contributed by atoms with van der Waals surface area (Å²) in [4.78, 5) is 25.9. The molecule has 1 aromatic rings. The predicted octanol–water partition coefficient (Wildman–Crippen LogP) is 3.54. The van der Waals surface area contributed by atoms with E-state index in [9.17, 15) is 9.59 Å². The molecule has 1 aliphatic rings. The van der Waals surface area contributed by atoms with Crippen LogP contribution in [0.1, 0.15) is 26.7 Å². The van der Waals surface area contributed by atoms with Gasteiger partial charge in [-0.05, 0) is 43.0 Å². The van der Waals surface area contributed by atoms with Crippen LogP contribution in [-0.2, 0) is 9.53 Å². The first-order chi connectivity index (χ1) is 10.5. The minimum absolute atomic E-state index is 0.193. The molecule has 1 heterocycles. The van der Waals surface area contributed by atoms with Gasteiger partial charge in [-0.15, -0.1) is 0 Å². The molecule has 0 bridgehead atoms. The highest BCUT2D eigenvalue weighted by molar-refractivity contribution is 6.30. The van der Waals surface area contributed by atoms with Gasteiger partial charge in [0, 0.05) is 17.3 Å². The van der Waals surface area contributed by atoms with Crippen molar-refractivity contribution in [2.75, 3.05) is 18.5 Å². The molecule has 1 atom stereocenters. The average molecular weight is 325 g/mol. The molecule has 0 aromatic heterocycles. The number of amides is 2. The number of likely N-dealkylation sites (tertiary alicyclic amines) is 1. The number of ether oxygens (including phenoxy) is 1. The first-order valence-electron chi connectivity index (χ1n) is 7.47. The summed E-state index contributed by atoms with van der Waals surface area (Å²) >= 11 is 5.82. The van der Waals surface area contributed by atoms with Crippen LogP contribution < -0.4 is 5.32 Å². The Morgan fingerprint density at radius 2 is 2.05 bits per heavy atom. The summed E-state index contributed by atoms with van der Waals surface area (Å²) in [5, 5.41) is 3.42. The van der Waals surface area contributed by atoms with E-state index in [-0.39, 0.29) is 11.8 Å². The summed E-state index contributed by atoms with van der Waals surface area (Å²) in [5.74, 6) is 0.0780. The Kier molecular flexibility index (Phi) is 5.66. The summed E-state index contributed by atoms with van der Waals surface area (Å²) in [6.07, 6.45) is 1.04. The predicted molar refractivity (Wildman–Crippen MR) is 86.0 cm³/mol. The quantitative estimate of drug-likeness (QED) is 0.921. The summed E-state index contributed by atoms with van der Waals surface area (Å²) in [5.41, 5.74) is 0.664. The lowest BCUT2D eigenvalue weighted by Gasteiger charge is -2.23. The van der Waals surface area contributed by atoms with Crippen molar-refractivity contribution in [2.45, 2.75) is 32.7 Å². The zero-order chi connectivity index (χ0) is 16.1. The number of rotatable bonds is 4. The number of nitrogens with one attached hydrogen (secondary N) is 1. The maximum Gasteiger partial charge on any atom is 0.410 e. The number of halogens is 1. The lowest BCUT2D eigenvalue weighted by molar-refractivity contribution is -0.120. The van der Waals surface area contributed by atoms with Gasteiger partial charge in [-0.3, -0.25) is 9.69 Å². The Labute approximate surface area is 135 Å². The Bertz CT molecular complexity index is 531. The average Bonchev–Trinajstić information content (AvgIpc) is 2.96. The van der Waals surface area contributed by atoms with Crippen molar-refractivity contribution in [1.29, 1.82) is 0 Å². The molecular weight excluding hydrogens is 304 g/mol. The smallest absolute Gasteiger partial charge is 0.410 e. The van der Waals surface area contributed by atoms with Crippen LogP contribution in [0.5, 0.6) is 0 Å². The van der Waals surface area contributed by atoms with Crippen LogP contribution in [-0.4, -0.2) is 36.1 Å². The van der Waals surface area contributed by atoms with Crippen LogP contribution >= 0.6 is 11.6 Å². The van der Waals surface area contributed by atoms with Gasteiger partial charge in [0.1, 0.15) is 6.04 Å². The molecule has 1 N–H and O–H groups in total. The van der Waals surface area contributed by atoms with Crippen molar-refractivity contribution < 1.29 is 14.3 Å². The molecule has 2 amide bonds. The molecule has 0 aliphatic carbocycles. The van der Waals surface area contributed by atoms with E-state index in [2.05, 4.69) is 5.32 Å². The lowest BCUT2D eigenvalue weighted by atomic mass is 10.2. The molecule has 0 spiro atoms. The zero-order valence-electron chi connectivity index (χ0n) is 12.8. The molecule has 0 saturated carbocycles. The summed E-state index contributed by atoms with van der Waals surface area (Å²) in [6.45, 7) is 4.86. The third kappa shape index (κ3) is 4.37. The van der Waals surface area contributed by atoms with E-state index < -0.39 is 12.1 Å². The first-order valence-corrected chi connectivity index (χ1v) is 7.85. The molecule has 0 unspecified atom stereocenters. The van der Waals surface area contributed by atoms with Crippen molar-refractivity contribution in [1.82, 2.24) is 4.90 Å². The van der Waals surface area contributed by atoms with Crippen LogP contribution in [0.2, 0.25) is 5.02 Å². The van der Waals surface area contributed by atoms with Gasteiger partial charge in [0.25, 0.3) is 0 Å². The molecule has 22 heavy (non-hydrogen) atoms. The maximum atomic E-state index is 12.4. The van der Waals surface area contributed by atoms with Gasteiger partial charge < -0.3 is 10.1 Å². The van der Waals surface area contributed by atoms with Crippen LogP contribution in [0.4, 0.5) is 10.5 Å². The Balaban J connectivity index is 1.95. The molecule has 1 saturated heterocycles. The van der Waals surface area contributed by atoms with E-state index in [0.29, 0.717) is 30.3 Å². The number of carbonyl (C=O) groups excluding carboxylic acids is 2. The molecule has 0 radical (unpaired) electrons. The maximum absolute atomic E-state index is 12.4. The van der Waals surface area contributed by atoms with E-state index in [1.165, 1.54) is 4.90 Å².